The monoisotopic (exact) mass is 429 g/mol. The van der Waals surface area contributed by atoms with Crippen molar-refractivity contribution in [3.05, 3.63) is 87.5 Å². The van der Waals surface area contributed by atoms with Crippen molar-refractivity contribution in [2.45, 2.75) is 31.9 Å². The maximum absolute atomic E-state index is 14.4. The van der Waals surface area contributed by atoms with Gasteiger partial charge in [-0.3, -0.25) is 0 Å². The molecule has 1 N–H and O–H groups in total. The van der Waals surface area contributed by atoms with Crippen LogP contribution in [0.3, 0.4) is 0 Å². The Morgan fingerprint density at radius 3 is 2.45 bits per heavy atom. The number of hydrogen-bond donors (Lipinski definition) is 1. The first-order valence-electron chi connectivity index (χ1n) is 9.62. The van der Waals surface area contributed by atoms with E-state index in [9.17, 15) is 32.3 Å². The molecule has 7 heteroatoms. The molecule has 3 aromatic carbocycles. The van der Waals surface area contributed by atoms with Crippen LogP contribution < -0.4 is 0 Å². The first-order chi connectivity index (χ1) is 14.7. The number of phenols is 1. The number of nitriles is 1. The molecule has 0 aromatic heterocycles. The van der Waals surface area contributed by atoms with Crippen molar-refractivity contribution >= 4 is 0 Å². The quantitative estimate of drug-likeness (QED) is 0.486. The number of phenolic OH excluding ortho intramolecular Hbond substituents is 1. The summed E-state index contributed by atoms with van der Waals surface area (Å²) < 4.78 is 69.7. The number of aryl methyl sites for hydroxylation is 1. The molecule has 1 aliphatic carbocycles. The molecule has 3 aromatic rings. The lowest BCUT2D eigenvalue weighted by Gasteiger charge is -2.23. The zero-order valence-corrected chi connectivity index (χ0v) is 16.2. The van der Waals surface area contributed by atoms with Crippen LogP contribution in [-0.4, -0.2) is 5.11 Å². The highest BCUT2D eigenvalue weighted by Crippen LogP contribution is 2.48. The Balaban J connectivity index is 2.10. The third kappa shape index (κ3) is 3.63. The normalized spacial score (nSPS) is 13.2. The molecule has 0 unspecified atom stereocenters. The van der Waals surface area contributed by atoms with E-state index >= 15 is 0 Å². The second-order valence-electron chi connectivity index (χ2n) is 7.46. The van der Waals surface area contributed by atoms with Gasteiger partial charge in [-0.1, -0.05) is 30.3 Å². The van der Waals surface area contributed by atoms with E-state index < -0.39 is 34.7 Å². The van der Waals surface area contributed by atoms with Crippen molar-refractivity contribution in [2.75, 3.05) is 0 Å². The van der Waals surface area contributed by atoms with Crippen LogP contribution in [0.4, 0.5) is 22.0 Å². The highest BCUT2D eigenvalue weighted by atomic mass is 19.4. The van der Waals surface area contributed by atoms with E-state index in [1.807, 2.05) is 0 Å². The van der Waals surface area contributed by atoms with Gasteiger partial charge in [0.1, 0.15) is 29.0 Å². The number of alkyl halides is 3. The number of hydrogen-bond acceptors (Lipinski definition) is 2. The molecule has 0 bridgehead atoms. The molecule has 0 saturated heterocycles. The van der Waals surface area contributed by atoms with Gasteiger partial charge in [-0.05, 0) is 53.1 Å². The SMILES string of the molecule is N#Cc1c(O)c(Cc2ccc(F)cc2F)c2c(c1C(F)(F)F)CCCc1ccccc1-2. The second-order valence-corrected chi connectivity index (χ2v) is 7.46. The summed E-state index contributed by atoms with van der Waals surface area (Å²) in [5.41, 5.74) is -0.587. The Bertz CT molecular complexity index is 1220. The fourth-order valence-corrected chi connectivity index (χ4v) is 4.31. The summed E-state index contributed by atoms with van der Waals surface area (Å²) in [7, 11) is 0. The van der Waals surface area contributed by atoms with Crippen molar-refractivity contribution in [3.63, 3.8) is 0 Å². The van der Waals surface area contributed by atoms with Gasteiger partial charge in [0.2, 0.25) is 0 Å². The topological polar surface area (TPSA) is 44.0 Å². The molecule has 0 spiro atoms. The lowest BCUT2D eigenvalue weighted by Crippen LogP contribution is -2.15. The Kier molecular flexibility index (Phi) is 5.18. The molecule has 0 fully saturated rings. The van der Waals surface area contributed by atoms with Crippen LogP contribution in [0.2, 0.25) is 0 Å². The summed E-state index contributed by atoms with van der Waals surface area (Å²) in [4.78, 5) is 0. The summed E-state index contributed by atoms with van der Waals surface area (Å²) in [6.07, 6.45) is -4.15. The van der Waals surface area contributed by atoms with Crippen LogP contribution in [0.15, 0.2) is 42.5 Å². The standard InChI is InChI=1S/C24H16F5NO/c25-15-9-8-14(20(26)11-15)10-18-21-16-6-2-1-4-13(16)5-3-7-17(21)22(24(27,28)29)19(12-30)23(18)31/h1-2,4,6,8-9,11,31H,3,5,7,10H2. The highest BCUT2D eigenvalue weighted by molar-refractivity contribution is 5.81. The number of fused-ring (bicyclic) bond motifs is 3. The van der Waals surface area contributed by atoms with Gasteiger partial charge in [0.05, 0.1) is 5.56 Å². The van der Waals surface area contributed by atoms with Crippen LogP contribution >= 0.6 is 0 Å². The zero-order valence-electron chi connectivity index (χ0n) is 16.2. The van der Waals surface area contributed by atoms with Crippen molar-refractivity contribution in [2.24, 2.45) is 0 Å². The molecule has 158 valence electrons. The smallest absolute Gasteiger partial charge is 0.418 e. The van der Waals surface area contributed by atoms with Crippen molar-refractivity contribution < 1.29 is 27.1 Å². The van der Waals surface area contributed by atoms with Gasteiger partial charge in [-0.15, -0.1) is 0 Å². The van der Waals surface area contributed by atoms with Crippen LogP contribution in [0.5, 0.6) is 5.75 Å². The van der Waals surface area contributed by atoms with Crippen LogP contribution in [0.1, 0.15) is 39.8 Å². The van der Waals surface area contributed by atoms with E-state index in [2.05, 4.69) is 0 Å². The van der Waals surface area contributed by atoms with Gasteiger partial charge >= 0.3 is 6.18 Å². The first kappa shape index (κ1) is 20.9. The zero-order chi connectivity index (χ0) is 22.3. The van der Waals surface area contributed by atoms with E-state index in [1.54, 1.807) is 24.3 Å². The summed E-state index contributed by atoms with van der Waals surface area (Å²) in [6, 6.07) is 11.3. The van der Waals surface area contributed by atoms with Gasteiger partial charge in [-0.25, -0.2) is 8.78 Å². The summed E-state index contributed by atoms with van der Waals surface area (Å²) in [6.45, 7) is 0. The second kappa shape index (κ2) is 7.69. The average molecular weight is 429 g/mol. The minimum atomic E-state index is -4.86. The summed E-state index contributed by atoms with van der Waals surface area (Å²) in [5, 5.41) is 20.3. The predicted octanol–water partition coefficient (Wildman–Crippen LogP) is 6.31. The van der Waals surface area contributed by atoms with Crippen molar-refractivity contribution in [1.82, 2.24) is 0 Å². The van der Waals surface area contributed by atoms with Gasteiger partial charge in [0.25, 0.3) is 0 Å². The van der Waals surface area contributed by atoms with E-state index in [0.717, 1.165) is 11.6 Å². The Labute approximate surface area is 175 Å². The number of benzene rings is 3. The number of aromatic hydroxyl groups is 1. The van der Waals surface area contributed by atoms with Crippen LogP contribution in [0.25, 0.3) is 11.1 Å². The predicted molar refractivity (Wildman–Crippen MR) is 104 cm³/mol. The average Bonchev–Trinajstić information content (AvgIpc) is 2.89. The van der Waals surface area contributed by atoms with E-state index in [1.165, 1.54) is 12.1 Å². The molecule has 4 rings (SSSR count). The lowest BCUT2D eigenvalue weighted by molar-refractivity contribution is -0.138. The van der Waals surface area contributed by atoms with Crippen molar-refractivity contribution in [3.8, 4) is 22.9 Å². The van der Waals surface area contributed by atoms with Crippen molar-refractivity contribution in [1.29, 1.82) is 5.26 Å². The molecule has 0 aliphatic heterocycles. The Morgan fingerprint density at radius 1 is 1.03 bits per heavy atom. The van der Waals surface area contributed by atoms with E-state index in [-0.39, 0.29) is 35.1 Å². The summed E-state index contributed by atoms with van der Waals surface area (Å²) >= 11 is 0. The fourth-order valence-electron chi connectivity index (χ4n) is 4.31. The molecule has 0 saturated carbocycles. The third-order valence-electron chi connectivity index (χ3n) is 5.62. The van der Waals surface area contributed by atoms with Gasteiger partial charge in [0.15, 0.2) is 0 Å². The molecule has 1 aliphatic rings. The maximum Gasteiger partial charge on any atom is 0.418 e. The molecule has 0 amide bonds. The Morgan fingerprint density at radius 2 is 1.77 bits per heavy atom. The molecule has 0 heterocycles. The molecular weight excluding hydrogens is 413 g/mol. The number of nitrogens with zero attached hydrogens (tertiary/aromatic N) is 1. The minimum absolute atomic E-state index is 0.00396. The van der Waals surface area contributed by atoms with Crippen LogP contribution in [0, 0.1) is 23.0 Å². The maximum atomic E-state index is 14.4. The van der Waals surface area contributed by atoms with Gasteiger partial charge < -0.3 is 5.11 Å². The Hall–Kier alpha value is -3.40. The molecule has 0 atom stereocenters. The largest absolute Gasteiger partial charge is 0.506 e. The molecule has 0 radical (unpaired) electrons. The lowest BCUT2D eigenvalue weighted by atomic mass is 9.83. The molecule has 2 nitrogen and oxygen atoms in total. The summed E-state index contributed by atoms with van der Waals surface area (Å²) in [5.74, 6) is -2.50. The van der Waals surface area contributed by atoms with Gasteiger partial charge in [0, 0.05) is 18.1 Å². The fraction of sp³-hybridized carbons (Fsp3) is 0.208. The molecular formula is C24H16F5NO. The highest BCUT2D eigenvalue weighted by Gasteiger charge is 2.41. The first-order valence-corrected chi connectivity index (χ1v) is 9.62. The van der Waals surface area contributed by atoms with Gasteiger partial charge in [-0.2, -0.15) is 18.4 Å². The third-order valence-corrected chi connectivity index (χ3v) is 5.62. The minimum Gasteiger partial charge on any atom is -0.506 e. The number of rotatable bonds is 2. The van der Waals surface area contributed by atoms with Crippen LogP contribution in [-0.2, 0) is 25.4 Å². The van der Waals surface area contributed by atoms with E-state index in [0.29, 0.717) is 24.5 Å². The molecule has 31 heavy (non-hydrogen) atoms. The van der Waals surface area contributed by atoms with E-state index in [4.69, 9.17) is 0 Å². The number of halogens is 5.